The molecule has 0 aliphatic carbocycles. The number of carbonyl (C=O) groups is 2. The number of carboxylic acids is 1. The molecule has 2 heterocycles. The zero-order valence-electron chi connectivity index (χ0n) is 15.1. The first-order valence-electron chi connectivity index (χ1n) is 8.32. The van der Waals surface area contributed by atoms with E-state index < -0.39 is 23.7 Å². The lowest BCUT2D eigenvalue weighted by Crippen LogP contribution is -2.18. The average Bonchev–Trinajstić information content (AvgIpc) is 3.24. The van der Waals surface area contributed by atoms with Crippen molar-refractivity contribution in [2.45, 2.75) is 26.4 Å². The van der Waals surface area contributed by atoms with E-state index in [0.717, 1.165) is 5.69 Å². The molecule has 0 aliphatic rings. The summed E-state index contributed by atoms with van der Waals surface area (Å²) in [4.78, 5) is 23.3. The van der Waals surface area contributed by atoms with Crippen LogP contribution < -0.4 is 5.32 Å². The Labute approximate surface area is 164 Å². The van der Waals surface area contributed by atoms with Gasteiger partial charge in [-0.2, -0.15) is 10.2 Å². The molecule has 1 aromatic carbocycles. The maximum absolute atomic E-state index is 13.2. The van der Waals surface area contributed by atoms with Crippen LogP contribution in [-0.2, 0) is 11.3 Å². The third-order valence-corrected chi connectivity index (χ3v) is 4.51. The Morgan fingerprint density at radius 2 is 2.04 bits per heavy atom. The van der Waals surface area contributed by atoms with Crippen LogP contribution in [0.4, 0.5) is 10.2 Å². The first-order valence-corrected chi connectivity index (χ1v) is 8.70. The molecule has 0 spiro atoms. The molecule has 1 amide bonds. The van der Waals surface area contributed by atoms with Crippen molar-refractivity contribution in [1.29, 1.82) is 0 Å². The van der Waals surface area contributed by atoms with Crippen molar-refractivity contribution in [2.24, 2.45) is 0 Å². The summed E-state index contributed by atoms with van der Waals surface area (Å²) >= 11 is 6.05. The number of benzene rings is 1. The average molecular weight is 406 g/mol. The van der Waals surface area contributed by atoms with Crippen LogP contribution in [0.1, 0.15) is 34.7 Å². The van der Waals surface area contributed by atoms with Crippen molar-refractivity contribution in [3.63, 3.8) is 0 Å². The van der Waals surface area contributed by atoms with Gasteiger partial charge in [0, 0.05) is 23.0 Å². The maximum atomic E-state index is 13.2. The Hall–Kier alpha value is -3.20. The highest BCUT2D eigenvalue weighted by molar-refractivity contribution is 6.31. The van der Waals surface area contributed by atoms with Gasteiger partial charge in [0.15, 0.2) is 11.5 Å². The van der Waals surface area contributed by atoms with Gasteiger partial charge in [-0.15, -0.1) is 0 Å². The molecule has 0 aliphatic heterocycles. The van der Waals surface area contributed by atoms with E-state index in [0.29, 0.717) is 22.9 Å². The van der Waals surface area contributed by atoms with Gasteiger partial charge in [0.1, 0.15) is 11.9 Å². The molecular formula is C18H17ClFN5O3. The van der Waals surface area contributed by atoms with Crippen molar-refractivity contribution in [1.82, 2.24) is 19.6 Å². The second-order valence-corrected chi connectivity index (χ2v) is 6.62. The number of nitrogens with zero attached hydrogens (tertiary/aromatic N) is 4. The van der Waals surface area contributed by atoms with E-state index in [4.69, 9.17) is 16.7 Å². The SMILES string of the molecule is Cc1cc(NC(=O)c2ccn(C(C)C(=O)O)n2)nn1Cc1ccc(F)cc1Cl. The Kier molecular flexibility index (Phi) is 5.46. The van der Waals surface area contributed by atoms with Crippen LogP contribution in [0.2, 0.25) is 5.02 Å². The smallest absolute Gasteiger partial charge is 0.328 e. The molecule has 0 radical (unpaired) electrons. The fourth-order valence-corrected chi connectivity index (χ4v) is 2.74. The van der Waals surface area contributed by atoms with Crippen LogP contribution in [0.3, 0.4) is 0 Å². The monoisotopic (exact) mass is 405 g/mol. The number of rotatable bonds is 6. The second-order valence-electron chi connectivity index (χ2n) is 6.21. The highest BCUT2D eigenvalue weighted by atomic mass is 35.5. The highest BCUT2D eigenvalue weighted by Gasteiger charge is 2.18. The molecule has 8 nitrogen and oxygen atoms in total. The predicted molar refractivity (Wildman–Crippen MR) is 100 cm³/mol. The summed E-state index contributed by atoms with van der Waals surface area (Å²) in [6.45, 7) is 3.58. The quantitative estimate of drug-likeness (QED) is 0.656. The Balaban J connectivity index is 1.72. The van der Waals surface area contributed by atoms with Crippen LogP contribution in [0.5, 0.6) is 0 Å². The summed E-state index contributed by atoms with van der Waals surface area (Å²) in [6, 6.07) is 6.34. The van der Waals surface area contributed by atoms with Crippen molar-refractivity contribution in [3.05, 3.63) is 64.3 Å². The molecule has 146 valence electrons. The van der Waals surface area contributed by atoms with E-state index in [1.807, 2.05) is 6.92 Å². The predicted octanol–water partition coefficient (Wildman–Crippen LogP) is 3.13. The first kappa shape index (κ1) is 19.6. The number of hydrogen-bond acceptors (Lipinski definition) is 4. The van der Waals surface area contributed by atoms with E-state index in [2.05, 4.69) is 15.5 Å². The molecular weight excluding hydrogens is 389 g/mol. The number of aromatic nitrogens is 4. The fraction of sp³-hybridized carbons (Fsp3) is 0.222. The molecule has 1 unspecified atom stereocenters. The van der Waals surface area contributed by atoms with Crippen molar-refractivity contribution >= 4 is 29.3 Å². The van der Waals surface area contributed by atoms with Crippen LogP contribution in [-0.4, -0.2) is 36.5 Å². The number of hydrogen-bond donors (Lipinski definition) is 2. The lowest BCUT2D eigenvalue weighted by molar-refractivity contribution is -0.140. The topological polar surface area (TPSA) is 102 Å². The zero-order chi connectivity index (χ0) is 20.4. The number of carbonyl (C=O) groups excluding carboxylic acids is 1. The van der Waals surface area contributed by atoms with Gasteiger partial charge in [-0.1, -0.05) is 17.7 Å². The van der Waals surface area contributed by atoms with Crippen LogP contribution in [0, 0.1) is 12.7 Å². The minimum absolute atomic E-state index is 0.0712. The summed E-state index contributed by atoms with van der Waals surface area (Å²) in [5.41, 5.74) is 1.52. The number of aliphatic carboxylic acids is 1. The molecule has 3 rings (SSSR count). The van der Waals surface area contributed by atoms with Gasteiger partial charge in [0.2, 0.25) is 0 Å². The van der Waals surface area contributed by atoms with Gasteiger partial charge in [0.25, 0.3) is 5.91 Å². The fourth-order valence-electron chi connectivity index (χ4n) is 2.51. The molecule has 3 aromatic rings. The summed E-state index contributed by atoms with van der Waals surface area (Å²) in [5.74, 6) is -1.68. The minimum atomic E-state index is -1.05. The van der Waals surface area contributed by atoms with E-state index in [9.17, 15) is 14.0 Å². The van der Waals surface area contributed by atoms with Crippen LogP contribution in [0.15, 0.2) is 36.5 Å². The Bertz CT molecular complexity index is 1050. The van der Waals surface area contributed by atoms with Crippen molar-refractivity contribution < 1.29 is 19.1 Å². The molecule has 10 heteroatoms. The molecule has 0 fully saturated rings. The minimum Gasteiger partial charge on any atom is -0.480 e. The van der Waals surface area contributed by atoms with E-state index in [1.165, 1.54) is 36.0 Å². The van der Waals surface area contributed by atoms with Gasteiger partial charge in [0.05, 0.1) is 6.54 Å². The molecule has 1 atom stereocenters. The molecule has 28 heavy (non-hydrogen) atoms. The molecule has 0 bridgehead atoms. The number of carboxylic acid groups (broad SMARTS) is 1. The summed E-state index contributed by atoms with van der Waals surface area (Å²) in [7, 11) is 0. The summed E-state index contributed by atoms with van der Waals surface area (Å²) in [5, 5.41) is 20.2. The van der Waals surface area contributed by atoms with Crippen molar-refractivity contribution in [2.75, 3.05) is 5.32 Å². The van der Waals surface area contributed by atoms with Gasteiger partial charge >= 0.3 is 5.97 Å². The van der Waals surface area contributed by atoms with Crippen LogP contribution >= 0.6 is 11.6 Å². The summed E-state index contributed by atoms with van der Waals surface area (Å²) in [6.07, 6.45) is 1.42. The Morgan fingerprint density at radius 1 is 1.29 bits per heavy atom. The maximum Gasteiger partial charge on any atom is 0.328 e. The first-order chi connectivity index (χ1) is 13.2. The third-order valence-electron chi connectivity index (χ3n) is 4.15. The molecule has 0 saturated carbocycles. The lowest BCUT2D eigenvalue weighted by Gasteiger charge is -2.07. The number of halogens is 2. The van der Waals surface area contributed by atoms with E-state index in [-0.39, 0.29) is 5.69 Å². The highest BCUT2D eigenvalue weighted by Crippen LogP contribution is 2.20. The van der Waals surface area contributed by atoms with E-state index in [1.54, 1.807) is 16.8 Å². The standard InChI is InChI=1S/C18H17ClFN5O3/c1-10-7-16(23-25(10)9-12-3-4-13(20)8-14(12)19)21-17(26)15-5-6-24(22-15)11(2)18(27)28/h3-8,11H,9H2,1-2H3,(H,27,28)(H,21,23,26). The number of nitrogens with one attached hydrogen (secondary N) is 1. The van der Waals surface area contributed by atoms with Crippen LogP contribution in [0.25, 0.3) is 0 Å². The summed E-state index contributed by atoms with van der Waals surface area (Å²) < 4.78 is 16.0. The van der Waals surface area contributed by atoms with E-state index >= 15 is 0 Å². The molecule has 0 saturated heterocycles. The second kappa shape index (κ2) is 7.81. The zero-order valence-corrected chi connectivity index (χ0v) is 15.8. The number of amides is 1. The van der Waals surface area contributed by atoms with Gasteiger partial charge < -0.3 is 10.4 Å². The van der Waals surface area contributed by atoms with Crippen molar-refractivity contribution in [3.8, 4) is 0 Å². The lowest BCUT2D eigenvalue weighted by atomic mass is 10.2. The van der Waals surface area contributed by atoms with Gasteiger partial charge in [-0.25, -0.2) is 9.18 Å². The normalized spacial score (nSPS) is 12.0. The molecule has 2 aromatic heterocycles. The number of aryl methyl sites for hydroxylation is 1. The van der Waals surface area contributed by atoms with Gasteiger partial charge in [-0.3, -0.25) is 14.2 Å². The molecule has 2 N–H and O–H groups in total. The largest absolute Gasteiger partial charge is 0.480 e. The van der Waals surface area contributed by atoms with Gasteiger partial charge in [-0.05, 0) is 37.6 Å². The Morgan fingerprint density at radius 3 is 2.71 bits per heavy atom. The third kappa shape index (κ3) is 4.20. The number of anilines is 1.